The van der Waals surface area contributed by atoms with Crippen LogP contribution in [0.3, 0.4) is 0 Å². The molecule has 1 atom stereocenters. The minimum absolute atomic E-state index is 0.0386. The van der Waals surface area contributed by atoms with E-state index in [-0.39, 0.29) is 25.8 Å². The minimum Gasteiger partial charge on any atom is -0.223 e. The third-order valence-corrected chi connectivity index (χ3v) is 8.95. The van der Waals surface area contributed by atoms with Crippen LogP contribution in [0.5, 0.6) is 0 Å². The number of benzene rings is 2. The largest absolute Gasteiger partial charge is 0.223 e. The van der Waals surface area contributed by atoms with Crippen LogP contribution in [-0.4, -0.2) is 22.1 Å². The molecule has 0 aliphatic heterocycles. The molecule has 0 aromatic heterocycles. The molecule has 1 unspecified atom stereocenters. The fourth-order valence-electron chi connectivity index (χ4n) is 3.30. The van der Waals surface area contributed by atoms with Crippen molar-refractivity contribution in [1.29, 1.82) is 0 Å². The Hall–Kier alpha value is -2.44. The molecule has 0 amide bonds. The van der Waals surface area contributed by atoms with E-state index < -0.39 is 24.9 Å². The Bertz CT molecular complexity index is 1130. The van der Waals surface area contributed by atoms with E-state index in [0.717, 1.165) is 0 Å². The Morgan fingerprint density at radius 3 is 1.89 bits per heavy atom. The van der Waals surface area contributed by atoms with E-state index in [1.165, 1.54) is 12.1 Å². The van der Waals surface area contributed by atoms with Gasteiger partial charge in [0.05, 0.1) is 19.9 Å². The van der Waals surface area contributed by atoms with Gasteiger partial charge in [-0.3, -0.25) is 0 Å². The molecule has 0 spiro atoms. The van der Waals surface area contributed by atoms with Crippen molar-refractivity contribution in [2.45, 2.75) is 34.3 Å². The molecular weight excluding hydrogens is 392 g/mol. The van der Waals surface area contributed by atoms with E-state index in [9.17, 15) is 16.8 Å². The lowest BCUT2D eigenvalue weighted by Gasteiger charge is -2.25. The van der Waals surface area contributed by atoms with Crippen LogP contribution >= 0.6 is 0 Å². The van der Waals surface area contributed by atoms with Crippen molar-refractivity contribution in [3.05, 3.63) is 95.9 Å². The Balaban J connectivity index is 2.02. The first kappa shape index (κ1) is 20.3. The van der Waals surface area contributed by atoms with Gasteiger partial charge >= 0.3 is 0 Å². The van der Waals surface area contributed by atoms with E-state index >= 15 is 0 Å². The molecule has 3 rings (SSSR count). The molecule has 2 aromatic rings. The summed E-state index contributed by atoms with van der Waals surface area (Å²) in [6.45, 7) is 7.86. The first-order valence-electron chi connectivity index (χ1n) is 8.94. The number of hydrogen-bond donors (Lipinski definition) is 0. The first-order valence-corrected chi connectivity index (χ1v) is 12.0. The summed E-state index contributed by atoms with van der Waals surface area (Å²) in [5.41, 5.74) is 0.391. The highest BCUT2D eigenvalue weighted by atomic mass is 32.2. The summed E-state index contributed by atoms with van der Waals surface area (Å²) < 4.78 is 52.6. The van der Waals surface area contributed by atoms with Crippen LogP contribution in [0.4, 0.5) is 0 Å². The molecule has 146 valence electrons. The van der Waals surface area contributed by atoms with Crippen molar-refractivity contribution >= 4 is 19.7 Å². The van der Waals surface area contributed by atoms with Gasteiger partial charge in [0.1, 0.15) is 0 Å². The SMILES string of the molecule is C=C1C(=C)C(S(=O)(=O)c2ccccc2)CCC/C=C\1S(=O)(=O)c1ccccc1. The van der Waals surface area contributed by atoms with E-state index in [1.54, 1.807) is 54.6 Å². The van der Waals surface area contributed by atoms with E-state index in [4.69, 9.17) is 0 Å². The fourth-order valence-corrected chi connectivity index (χ4v) is 6.72. The summed E-state index contributed by atoms with van der Waals surface area (Å²) in [4.78, 5) is 0.390. The molecule has 0 heterocycles. The zero-order valence-corrected chi connectivity index (χ0v) is 17.0. The maximum absolute atomic E-state index is 13.2. The summed E-state index contributed by atoms with van der Waals surface area (Å²) in [7, 11) is -7.51. The van der Waals surface area contributed by atoms with Gasteiger partial charge in [0, 0.05) is 0 Å². The van der Waals surface area contributed by atoms with Gasteiger partial charge in [-0.05, 0) is 54.7 Å². The fraction of sp³-hybridized carbons (Fsp3) is 0.182. The maximum Gasteiger partial charge on any atom is 0.206 e. The molecule has 2 aromatic carbocycles. The lowest BCUT2D eigenvalue weighted by molar-refractivity contribution is 0.576. The Kier molecular flexibility index (Phi) is 5.72. The van der Waals surface area contributed by atoms with Gasteiger partial charge in [0.2, 0.25) is 9.84 Å². The molecule has 4 nitrogen and oxygen atoms in total. The molecule has 1 aliphatic rings. The monoisotopic (exact) mass is 414 g/mol. The van der Waals surface area contributed by atoms with Crippen LogP contribution < -0.4 is 0 Å². The predicted octanol–water partition coefficient (Wildman–Crippen LogP) is 4.48. The van der Waals surface area contributed by atoms with Crippen molar-refractivity contribution in [3.63, 3.8) is 0 Å². The summed E-state index contributed by atoms with van der Waals surface area (Å²) in [5, 5.41) is -0.905. The van der Waals surface area contributed by atoms with Crippen LogP contribution in [0, 0.1) is 0 Å². The normalized spacial score (nSPS) is 20.7. The quantitative estimate of drug-likeness (QED) is 0.740. The second-order valence-electron chi connectivity index (χ2n) is 6.67. The van der Waals surface area contributed by atoms with Gasteiger partial charge in [0.25, 0.3) is 0 Å². The number of hydrogen-bond acceptors (Lipinski definition) is 4. The average Bonchev–Trinajstić information content (AvgIpc) is 2.69. The summed E-state index contributed by atoms with van der Waals surface area (Å²) in [5.74, 6) is 0. The summed E-state index contributed by atoms with van der Waals surface area (Å²) in [6, 6.07) is 16.2. The second-order valence-corrected chi connectivity index (χ2v) is 10.7. The van der Waals surface area contributed by atoms with Crippen LogP contribution in [-0.2, 0) is 19.7 Å². The van der Waals surface area contributed by atoms with Crippen molar-refractivity contribution in [2.24, 2.45) is 0 Å². The average molecular weight is 415 g/mol. The Morgan fingerprint density at radius 2 is 1.32 bits per heavy atom. The molecule has 0 radical (unpaired) electrons. The zero-order valence-electron chi connectivity index (χ0n) is 15.4. The molecule has 1 aliphatic carbocycles. The van der Waals surface area contributed by atoms with E-state index in [1.807, 2.05) is 0 Å². The molecular formula is C22H22O4S2. The standard InChI is InChI=1S/C22H22O4S2/c1-17-18(2)22(28(25,26)20-13-7-4-8-14-20)16-10-9-15-21(17)27(23,24)19-11-5-3-6-12-19/h3-8,11-15,22H,1-2,9-10,16H2/b21-15+. The van der Waals surface area contributed by atoms with Gasteiger partial charge < -0.3 is 0 Å². The maximum atomic E-state index is 13.2. The van der Waals surface area contributed by atoms with Gasteiger partial charge in [-0.25, -0.2) is 16.8 Å². The molecule has 0 bridgehead atoms. The van der Waals surface area contributed by atoms with Gasteiger partial charge in [-0.15, -0.1) is 0 Å². The van der Waals surface area contributed by atoms with Crippen molar-refractivity contribution in [2.75, 3.05) is 0 Å². The van der Waals surface area contributed by atoms with Crippen LogP contribution in [0.15, 0.2) is 106 Å². The third-order valence-electron chi connectivity index (χ3n) is 4.86. The molecule has 28 heavy (non-hydrogen) atoms. The molecule has 0 saturated carbocycles. The van der Waals surface area contributed by atoms with Crippen molar-refractivity contribution < 1.29 is 16.8 Å². The summed E-state index contributed by atoms with van der Waals surface area (Å²) in [6.07, 6.45) is 2.98. The highest BCUT2D eigenvalue weighted by molar-refractivity contribution is 7.95. The highest BCUT2D eigenvalue weighted by Crippen LogP contribution is 2.36. The topological polar surface area (TPSA) is 68.3 Å². The number of sulfone groups is 2. The van der Waals surface area contributed by atoms with Crippen LogP contribution in [0.2, 0.25) is 0 Å². The van der Waals surface area contributed by atoms with Crippen LogP contribution in [0.25, 0.3) is 0 Å². The van der Waals surface area contributed by atoms with E-state index in [0.29, 0.717) is 19.3 Å². The number of allylic oxidation sites excluding steroid dienone is 2. The van der Waals surface area contributed by atoms with E-state index in [2.05, 4.69) is 13.2 Å². The zero-order chi connectivity index (χ0) is 20.4. The van der Waals surface area contributed by atoms with Crippen molar-refractivity contribution in [1.82, 2.24) is 0 Å². The van der Waals surface area contributed by atoms with Crippen LogP contribution in [0.1, 0.15) is 19.3 Å². The predicted molar refractivity (Wildman–Crippen MR) is 111 cm³/mol. The van der Waals surface area contributed by atoms with Gasteiger partial charge in [-0.2, -0.15) is 0 Å². The number of rotatable bonds is 4. The molecule has 0 N–H and O–H groups in total. The smallest absolute Gasteiger partial charge is 0.206 e. The Morgan fingerprint density at radius 1 is 0.786 bits per heavy atom. The first-order chi connectivity index (χ1) is 13.3. The molecule has 6 heteroatoms. The van der Waals surface area contributed by atoms with Crippen molar-refractivity contribution in [3.8, 4) is 0 Å². The Labute approximate surface area is 166 Å². The second kappa shape index (κ2) is 7.89. The summed E-state index contributed by atoms with van der Waals surface area (Å²) >= 11 is 0. The molecule has 0 saturated heterocycles. The highest BCUT2D eigenvalue weighted by Gasteiger charge is 2.35. The minimum atomic E-state index is -3.81. The lowest BCUT2D eigenvalue weighted by Crippen LogP contribution is -2.26. The van der Waals surface area contributed by atoms with Gasteiger partial charge in [0.15, 0.2) is 9.84 Å². The van der Waals surface area contributed by atoms with Gasteiger partial charge in [-0.1, -0.05) is 55.6 Å². The molecule has 0 fully saturated rings. The third kappa shape index (κ3) is 3.75. The lowest BCUT2D eigenvalue weighted by atomic mass is 9.98.